The Labute approximate surface area is 165 Å². The monoisotopic (exact) mass is 388 g/mol. The van der Waals surface area contributed by atoms with Crippen LogP contribution >= 0.6 is 11.3 Å². The maximum Gasteiger partial charge on any atom is 0.413 e. The van der Waals surface area contributed by atoms with Crippen molar-refractivity contribution in [3.63, 3.8) is 0 Å². The van der Waals surface area contributed by atoms with E-state index in [4.69, 9.17) is 4.74 Å². The molecule has 1 N–H and O–H groups in total. The summed E-state index contributed by atoms with van der Waals surface area (Å²) in [5.74, 6) is 0.527. The fraction of sp³-hybridized carbons (Fsp3) is 0.450. The first-order valence-electron chi connectivity index (χ1n) is 9.05. The van der Waals surface area contributed by atoms with E-state index in [1.807, 2.05) is 37.5 Å². The number of aliphatic imine (C=N–C) groups is 1. The van der Waals surface area contributed by atoms with E-state index in [1.165, 1.54) is 22.5 Å². The lowest BCUT2D eigenvalue weighted by Crippen LogP contribution is -2.18. The van der Waals surface area contributed by atoms with E-state index < -0.39 is 6.09 Å². The number of carbonyl (C=O) groups is 1. The number of thiazole rings is 1. The molecule has 0 saturated carbocycles. The van der Waals surface area contributed by atoms with Gasteiger partial charge in [-0.2, -0.15) is 0 Å². The first-order chi connectivity index (χ1) is 12.8. The number of benzene rings is 1. The minimum absolute atomic E-state index is 0.160. The molecular formula is C20H28N4O2S. The molecule has 7 heteroatoms. The predicted octanol–water partition coefficient (Wildman–Crippen LogP) is 4.92. The molecule has 0 aliphatic carbocycles. The highest BCUT2D eigenvalue weighted by atomic mass is 32.1. The van der Waals surface area contributed by atoms with Crippen LogP contribution in [0.1, 0.15) is 42.5 Å². The molecule has 0 spiro atoms. The highest BCUT2D eigenvalue weighted by molar-refractivity contribution is 7.10. The Hall–Kier alpha value is -2.41. The van der Waals surface area contributed by atoms with Gasteiger partial charge in [0.15, 0.2) is 0 Å². The topological polar surface area (TPSA) is 66.8 Å². The van der Waals surface area contributed by atoms with Crippen LogP contribution < -0.4 is 5.32 Å². The number of aromatic nitrogens is 1. The summed E-state index contributed by atoms with van der Waals surface area (Å²) >= 11 is 1.52. The van der Waals surface area contributed by atoms with Crippen LogP contribution in [0.5, 0.6) is 0 Å². The van der Waals surface area contributed by atoms with Gasteiger partial charge >= 0.3 is 6.09 Å². The minimum atomic E-state index is -0.479. The van der Waals surface area contributed by atoms with Crippen molar-refractivity contribution in [2.24, 2.45) is 4.99 Å². The average molecular weight is 389 g/mol. The first kappa shape index (κ1) is 20.9. The van der Waals surface area contributed by atoms with E-state index in [0.29, 0.717) is 5.82 Å². The fourth-order valence-electron chi connectivity index (χ4n) is 2.39. The predicted molar refractivity (Wildman–Crippen MR) is 113 cm³/mol. The van der Waals surface area contributed by atoms with Crippen molar-refractivity contribution in [1.82, 2.24) is 9.88 Å². The van der Waals surface area contributed by atoms with Gasteiger partial charge in [-0.25, -0.2) is 14.8 Å². The summed E-state index contributed by atoms with van der Waals surface area (Å²) in [6.07, 6.45) is 1.94. The van der Waals surface area contributed by atoms with E-state index in [2.05, 4.69) is 48.2 Å². The highest BCUT2D eigenvalue weighted by Crippen LogP contribution is 2.26. The summed E-state index contributed by atoms with van der Waals surface area (Å²) in [5.41, 5.74) is 4.50. The maximum absolute atomic E-state index is 11.7. The number of hydrogen-bond donors (Lipinski definition) is 1. The molecule has 0 atom stereocenters. The highest BCUT2D eigenvalue weighted by Gasteiger charge is 2.11. The van der Waals surface area contributed by atoms with Crippen LogP contribution in [0, 0.1) is 13.8 Å². The maximum atomic E-state index is 11.7. The SMILES string of the molecule is CCN(C)/C=N/c1cc(C)c(Cc2nc(NC(=O)OC(C)C)cs2)cc1C. The molecule has 0 radical (unpaired) electrons. The molecule has 0 bridgehead atoms. The summed E-state index contributed by atoms with van der Waals surface area (Å²) in [4.78, 5) is 22.8. The molecule has 0 aliphatic heterocycles. The molecule has 0 fully saturated rings. The fourth-order valence-corrected chi connectivity index (χ4v) is 3.14. The second kappa shape index (κ2) is 9.50. The van der Waals surface area contributed by atoms with Crippen LogP contribution in [-0.4, -0.2) is 42.0 Å². The Morgan fingerprint density at radius 3 is 2.78 bits per heavy atom. The largest absolute Gasteiger partial charge is 0.447 e. The standard InChI is InChI=1S/C20H28N4O2S/c1-7-24(6)12-21-17-9-14(4)16(8-15(17)5)10-19-22-18(11-27-19)23-20(25)26-13(2)3/h8-9,11-13H,7,10H2,1-6H3,(H,23,25)/b21-12+. The van der Waals surface area contributed by atoms with Gasteiger partial charge in [0.1, 0.15) is 5.82 Å². The zero-order chi connectivity index (χ0) is 20.0. The van der Waals surface area contributed by atoms with Crippen molar-refractivity contribution < 1.29 is 9.53 Å². The van der Waals surface area contributed by atoms with Crippen LogP contribution in [0.2, 0.25) is 0 Å². The Morgan fingerprint density at radius 1 is 1.37 bits per heavy atom. The lowest BCUT2D eigenvalue weighted by atomic mass is 10.0. The van der Waals surface area contributed by atoms with E-state index in [-0.39, 0.29) is 6.10 Å². The Bertz CT molecular complexity index is 814. The average Bonchev–Trinajstić information content (AvgIpc) is 3.02. The van der Waals surface area contributed by atoms with Crippen molar-refractivity contribution in [2.75, 3.05) is 18.9 Å². The van der Waals surface area contributed by atoms with E-state index in [0.717, 1.165) is 29.2 Å². The van der Waals surface area contributed by atoms with Gasteiger partial charge in [-0.1, -0.05) is 6.07 Å². The summed E-state index contributed by atoms with van der Waals surface area (Å²) in [5, 5.41) is 5.44. The van der Waals surface area contributed by atoms with Gasteiger partial charge in [0.05, 0.1) is 23.1 Å². The van der Waals surface area contributed by atoms with Crippen molar-refractivity contribution in [3.05, 3.63) is 39.2 Å². The van der Waals surface area contributed by atoms with Gasteiger partial charge in [-0.05, 0) is 57.4 Å². The van der Waals surface area contributed by atoms with E-state index >= 15 is 0 Å². The molecule has 146 valence electrons. The molecule has 27 heavy (non-hydrogen) atoms. The van der Waals surface area contributed by atoms with Gasteiger partial charge in [-0.3, -0.25) is 5.32 Å². The van der Waals surface area contributed by atoms with Gasteiger partial charge < -0.3 is 9.64 Å². The molecular weight excluding hydrogens is 360 g/mol. The van der Waals surface area contributed by atoms with Gasteiger partial charge in [-0.15, -0.1) is 11.3 Å². The molecule has 1 heterocycles. The summed E-state index contributed by atoms with van der Waals surface area (Å²) in [6, 6.07) is 4.27. The van der Waals surface area contributed by atoms with E-state index in [1.54, 1.807) is 0 Å². The number of carbonyl (C=O) groups excluding carboxylic acids is 1. The number of ether oxygens (including phenoxy) is 1. The second-order valence-corrected chi connectivity index (χ2v) is 7.71. The Balaban J connectivity index is 2.08. The van der Waals surface area contributed by atoms with Crippen LogP contribution in [0.15, 0.2) is 22.5 Å². The van der Waals surface area contributed by atoms with Gasteiger partial charge in [0.25, 0.3) is 0 Å². The van der Waals surface area contributed by atoms with Crippen molar-refractivity contribution in [2.45, 2.75) is 47.1 Å². The molecule has 2 aromatic rings. The van der Waals surface area contributed by atoms with Crippen molar-refractivity contribution in [3.8, 4) is 0 Å². The lowest BCUT2D eigenvalue weighted by Gasteiger charge is -2.11. The number of anilines is 1. The second-order valence-electron chi connectivity index (χ2n) is 6.77. The van der Waals surface area contributed by atoms with Gasteiger partial charge in [0, 0.05) is 25.4 Å². The molecule has 1 amide bonds. The third-order valence-electron chi connectivity index (χ3n) is 4.01. The lowest BCUT2D eigenvalue weighted by molar-refractivity contribution is 0.130. The van der Waals surface area contributed by atoms with Crippen LogP contribution in [0.25, 0.3) is 0 Å². The Morgan fingerprint density at radius 2 is 2.11 bits per heavy atom. The summed E-state index contributed by atoms with van der Waals surface area (Å²) in [6.45, 7) is 10.8. The normalized spacial score (nSPS) is 11.2. The number of hydrogen-bond acceptors (Lipinski definition) is 5. The van der Waals surface area contributed by atoms with Crippen LogP contribution in [-0.2, 0) is 11.2 Å². The zero-order valence-corrected chi connectivity index (χ0v) is 17.7. The molecule has 6 nitrogen and oxygen atoms in total. The molecule has 0 unspecified atom stereocenters. The number of aryl methyl sites for hydroxylation is 2. The van der Waals surface area contributed by atoms with E-state index in [9.17, 15) is 4.79 Å². The summed E-state index contributed by atoms with van der Waals surface area (Å²) < 4.78 is 5.08. The van der Waals surface area contributed by atoms with Crippen molar-refractivity contribution >= 4 is 35.3 Å². The quantitative estimate of drug-likeness (QED) is 0.540. The van der Waals surface area contributed by atoms with Crippen molar-refractivity contribution in [1.29, 1.82) is 0 Å². The number of nitrogens with zero attached hydrogens (tertiary/aromatic N) is 3. The minimum Gasteiger partial charge on any atom is -0.447 e. The molecule has 0 saturated heterocycles. The molecule has 2 rings (SSSR count). The molecule has 1 aromatic heterocycles. The molecule has 0 aliphatic rings. The number of rotatable bonds is 7. The zero-order valence-electron chi connectivity index (χ0n) is 16.9. The summed E-state index contributed by atoms with van der Waals surface area (Å²) in [7, 11) is 2.01. The third-order valence-corrected chi connectivity index (χ3v) is 4.86. The first-order valence-corrected chi connectivity index (χ1v) is 9.93. The number of amides is 1. The van der Waals surface area contributed by atoms with Crippen LogP contribution in [0.4, 0.5) is 16.3 Å². The number of nitrogens with one attached hydrogen (secondary N) is 1. The Kier molecular flexibility index (Phi) is 7.36. The van der Waals surface area contributed by atoms with Crippen LogP contribution in [0.3, 0.4) is 0 Å². The smallest absolute Gasteiger partial charge is 0.413 e. The molecule has 1 aromatic carbocycles. The van der Waals surface area contributed by atoms with Gasteiger partial charge in [0.2, 0.25) is 0 Å². The third kappa shape index (κ3) is 6.36.